The summed E-state index contributed by atoms with van der Waals surface area (Å²) < 4.78 is 1.14. The van der Waals surface area contributed by atoms with Crippen LogP contribution in [0.3, 0.4) is 0 Å². The first-order chi connectivity index (χ1) is 11.5. The van der Waals surface area contributed by atoms with E-state index in [0.29, 0.717) is 6.54 Å². The van der Waals surface area contributed by atoms with Crippen molar-refractivity contribution >= 4 is 57.6 Å². The van der Waals surface area contributed by atoms with E-state index in [1.165, 1.54) is 4.90 Å². The first-order valence-electron chi connectivity index (χ1n) is 7.77. The van der Waals surface area contributed by atoms with Gasteiger partial charge in [-0.1, -0.05) is 22.0 Å². The summed E-state index contributed by atoms with van der Waals surface area (Å²) in [5, 5.41) is 6.68. The zero-order valence-electron chi connectivity index (χ0n) is 14.6. The van der Waals surface area contributed by atoms with Gasteiger partial charge in [-0.2, -0.15) is 0 Å². The molecule has 0 bridgehead atoms. The molecule has 0 spiro atoms. The van der Waals surface area contributed by atoms with Crippen molar-refractivity contribution in [3.05, 3.63) is 58.8 Å². The van der Waals surface area contributed by atoms with Crippen LogP contribution >= 0.6 is 51.7 Å². The number of aliphatic imine (C=N–C) groups is 1. The number of rotatable bonds is 6. The van der Waals surface area contributed by atoms with Crippen LogP contribution < -0.4 is 10.6 Å². The summed E-state index contributed by atoms with van der Waals surface area (Å²) in [5.74, 6) is 0.783. The average Bonchev–Trinajstić information content (AvgIpc) is 2.58. The van der Waals surface area contributed by atoms with Crippen molar-refractivity contribution in [3.63, 3.8) is 0 Å². The number of thioether (sulfide) groups is 1. The number of benzene rings is 1. The van der Waals surface area contributed by atoms with Crippen LogP contribution in [0.1, 0.15) is 19.5 Å². The molecule has 0 atom stereocenters. The Morgan fingerprint density at radius 3 is 2.48 bits per heavy atom. The minimum Gasteiger partial charge on any atom is -0.355 e. The molecule has 0 radical (unpaired) electrons. The number of nitrogens with zero attached hydrogens (tertiary/aromatic N) is 2. The van der Waals surface area contributed by atoms with Crippen molar-refractivity contribution in [3.8, 4) is 0 Å². The van der Waals surface area contributed by atoms with Gasteiger partial charge in [0.05, 0.1) is 12.2 Å². The Morgan fingerprint density at radius 2 is 1.88 bits per heavy atom. The SMILES string of the molecule is CN=C(NCc1ccccn1)NCC(C)(C)Sc1ccc(Br)cc1.I. The van der Waals surface area contributed by atoms with Gasteiger partial charge in [-0.25, -0.2) is 0 Å². The first-order valence-corrected chi connectivity index (χ1v) is 9.38. The molecule has 0 aliphatic rings. The third kappa shape index (κ3) is 8.42. The highest BCUT2D eigenvalue weighted by Crippen LogP contribution is 2.32. The lowest BCUT2D eigenvalue weighted by atomic mass is 10.2. The summed E-state index contributed by atoms with van der Waals surface area (Å²) >= 11 is 5.31. The molecule has 0 aliphatic carbocycles. The molecular weight excluding hydrogens is 511 g/mol. The highest BCUT2D eigenvalue weighted by molar-refractivity contribution is 14.0. The second kappa shape index (κ2) is 11.0. The lowest BCUT2D eigenvalue weighted by Gasteiger charge is -2.25. The number of hydrogen-bond acceptors (Lipinski definition) is 3. The molecule has 7 heteroatoms. The van der Waals surface area contributed by atoms with Crippen LogP contribution in [0.5, 0.6) is 0 Å². The molecule has 0 saturated carbocycles. The number of halogens is 2. The van der Waals surface area contributed by atoms with Crippen LogP contribution in [0.15, 0.2) is 63.0 Å². The van der Waals surface area contributed by atoms with Gasteiger partial charge in [-0.05, 0) is 50.2 Å². The minimum absolute atomic E-state index is 0. The fourth-order valence-corrected chi connectivity index (χ4v) is 3.37. The van der Waals surface area contributed by atoms with Crippen molar-refractivity contribution in [1.29, 1.82) is 0 Å². The van der Waals surface area contributed by atoms with E-state index in [4.69, 9.17) is 0 Å². The number of nitrogens with one attached hydrogen (secondary N) is 2. The molecule has 0 unspecified atom stereocenters. The van der Waals surface area contributed by atoms with Gasteiger partial charge in [-0.3, -0.25) is 9.98 Å². The highest BCUT2D eigenvalue weighted by atomic mass is 127. The van der Waals surface area contributed by atoms with Gasteiger partial charge in [-0.15, -0.1) is 35.7 Å². The molecule has 1 aromatic carbocycles. The molecule has 1 heterocycles. The largest absolute Gasteiger partial charge is 0.355 e. The Balaban J connectivity index is 0.00000312. The van der Waals surface area contributed by atoms with Crippen LogP contribution in [0, 0.1) is 0 Å². The number of guanidine groups is 1. The molecule has 2 N–H and O–H groups in total. The summed E-state index contributed by atoms with van der Waals surface area (Å²) in [6, 6.07) is 14.3. The Kier molecular flexibility index (Phi) is 9.81. The molecule has 25 heavy (non-hydrogen) atoms. The second-order valence-corrected chi connectivity index (χ2v) is 8.61. The normalized spacial score (nSPS) is 11.6. The fraction of sp³-hybridized carbons (Fsp3) is 0.333. The number of aromatic nitrogens is 1. The van der Waals surface area contributed by atoms with Crippen molar-refractivity contribution in [2.45, 2.75) is 30.0 Å². The lowest BCUT2D eigenvalue weighted by Crippen LogP contribution is -2.43. The maximum absolute atomic E-state index is 4.30. The van der Waals surface area contributed by atoms with Crippen molar-refractivity contribution < 1.29 is 0 Å². The number of pyridine rings is 1. The summed E-state index contributed by atoms with van der Waals surface area (Å²) in [6.45, 7) is 5.90. The van der Waals surface area contributed by atoms with E-state index in [2.05, 4.69) is 74.7 Å². The molecule has 1 aromatic heterocycles. The zero-order valence-corrected chi connectivity index (χ0v) is 19.4. The quantitative estimate of drug-likeness (QED) is 0.244. The van der Waals surface area contributed by atoms with E-state index in [9.17, 15) is 0 Å². The van der Waals surface area contributed by atoms with E-state index in [-0.39, 0.29) is 28.7 Å². The molecule has 2 aromatic rings. The van der Waals surface area contributed by atoms with E-state index in [1.54, 1.807) is 13.2 Å². The van der Waals surface area contributed by atoms with Gasteiger partial charge in [0.25, 0.3) is 0 Å². The Bertz CT molecular complexity index is 663. The predicted molar refractivity (Wildman–Crippen MR) is 122 cm³/mol. The smallest absolute Gasteiger partial charge is 0.191 e. The van der Waals surface area contributed by atoms with Gasteiger partial charge < -0.3 is 10.6 Å². The third-order valence-corrected chi connectivity index (χ3v) is 5.01. The van der Waals surface area contributed by atoms with Gasteiger partial charge in [0.15, 0.2) is 5.96 Å². The predicted octanol–water partition coefficient (Wildman–Crippen LogP) is 4.70. The Morgan fingerprint density at radius 1 is 1.16 bits per heavy atom. The van der Waals surface area contributed by atoms with Crippen molar-refractivity contribution in [2.24, 2.45) is 4.99 Å². The van der Waals surface area contributed by atoms with Crippen LogP contribution in [0.4, 0.5) is 0 Å². The maximum atomic E-state index is 4.30. The number of hydrogen-bond donors (Lipinski definition) is 2. The fourth-order valence-electron chi connectivity index (χ4n) is 2.05. The molecule has 4 nitrogen and oxygen atoms in total. The van der Waals surface area contributed by atoms with E-state index < -0.39 is 0 Å². The zero-order chi connectivity index (χ0) is 17.4. The van der Waals surface area contributed by atoms with Crippen LogP contribution in [0.25, 0.3) is 0 Å². The standard InChI is InChI=1S/C18H23BrN4S.HI/c1-18(2,24-16-9-7-14(19)8-10-16)13-23-17(20-3)22-12-15-6-4-5-11-21-15;/h4-11H,12-13H2,1-3H3,(H2,20,22,23);1H. The first kappa shape index (κ1) is 22.2. The van der Waals surface area contributed by atoms with Gasteiger partial charge in [0.2, 0.25) is 0 Å². The minimum atomic E-state index is 0. The average molecular weight is 535 g/mol. The van der Waals surface area contributed by atoms with Crippen molar-refractivity contribution in [2.75, 3.05) is 13.6 Å². The van der Waals surface area contributed by atoms with Crippen LogP contribution in [-0.4, -0.2) is 29.3 Å². The Labute approximate surface area is 179 Å². The summed E-state index contributed by atoms with van der Waals surface area (Å²) in [7, 11) is 1.78. The maximum Gasteiger partial charge on any atom is 0.191 e. The van der Waals surface area contributed by atoms with E-state index in [1.807, 2.05) is 30.0 Å². The van der Waals surface area contributed by atoms with Crippen LogP contribution in [-0.2, 0) is 6.54 Å². The second-order valence-electron chi connectivity index (χ2n) is 5.92. The third-order valence-electron chi connectivity index (χ3n) is 3.28. The molecule has 0 amide bonds. The van der Waals surface area contributed by atoms with Crippen molar-refractivity contribution in [1.82, 2.24) is 15.6 Å². The Hall–Kier alpha value is -0.800. The monoisotopic (exact) mass is 534 g/mol. The lowest BCUT2D eigenvalue weighted by molar-refractivity contribution is 0.661. The molecule has 136 valence electrons. The molecule has 2 rings (SSSR count). The summed E-state index contributed by atoms with van der Waals surface area (Å²) in [6.07, 6.45) is 1.80. The van der Waals surface area contributed by atoms with Gasteiger partial charge >= 0.3 is 0 Å². The summed E-state index contributed by atoms with van der Waals surface area (Å²) in [4.78, 5) is 9.83. The van der Waals surface area contributed by atoms with E-state index in [0.717, 1.165) is 22.7 Å². The molecular formula is C18H24BrIN4S. The van der Waals surface area contributed by atoms with E-state index >= 15 is 0 Å². The summed E-state index contributed by atoms with van der Waals surface area (Å²) in [5.41, 5.74) is 0.990. The highest BCUT2D eigenvalue weighted by Gasteiger charge is 2.20. The molecule has 0 fully saturated rings. The molecule has 0 saturated heterocycles. The van der Waals surface area contributed by atoms with Gasteiger partial charge in [0.1, 0.15) is 0 Å². The van der Waals surface area contributed by atoms with Crippen LogP contribution in [0.2, 0.25) is 0 Å². The van der Waals surface area contributed by atoms with Gasteiger partial charge in [0, 0.05) is 33.9 Å². The topological polar surface area (TPSA) is 49.3 Å². The molecule has 0 aliphatic heterocycles.